The molecule has 29 heavy (non-hydrogen) atoms. The molecule has 0 saturated heterocycles. The third-order valence-corrected chi connectivity index (χ3v) is 5.29. The number of hydrogen-bond donors (Lipinski definition) is 1. The zero-order valence-electron chi connectivity index (χ0n) is 17.3. The molecule has 0 unspecified atom stereocenters. The van der Waals surface area contributed by atoms with E-state index in [0.717, 1.165) is 43.1 Å². The molecule has 1 amide bonds. The summed E-state index contributed by atoms with van der Waals surface area (Å²) in [5.74, 6) is 2.06. The molecular formula is C23H28N4O2. The maximum atomic E-state index is 12.3. The summed E-state index contributed by atoms with van der Waals surface area (Å²) in [6.45, 7) is 6.71. The maximum absolute atomic E-state index is 12.3. The fourth-order valence-corrected chi connectivity index (χ4v) is 3.95. The number of benzene rings is 2. The van der Waals surface area contributed by atoms with E-state index in [4.69, 9.17) is 9.72 Å². The number of fused-ring (bicyclic) bond motifs is 3. The Bertz CT molecular complexity index is 1020. The van der Waals surface area contributed by atoms with Gasteiger partial charge in [-0.3, -0.25) is 4.79 Å². The second-order valence-corrected chi connectivity index (χ2v) is 7.97. The van der Waals surface area contributed by atoms with Crippen LogP contribution in [-0.2, 0) is 17.9 Å². The lowest BCUT2D eigenvalue weighted by molar-refractivity contribution is -0.116. The summed E-state index contributed by atoms with van der Waals surface area (Å²) in [6, 6.07) is 14.3. The van der Waals surface area contributed by atoms with Gasteiger partial charge >= 0.3 is 0 Å². The molecule has 2 aromatic carbocycles. The van der Waals surface area contributed by atoms with Crippen LogP contribution in [0.5, 0.6) is 5.75 Å². The van der Waals surface area contributed by atoms with Gasteiger partial charge in [-0.1, -0.05) is 26.0 Å². The first-order valence-electron chi connectivity index (χ1n) is 10.2. The van der Waals surface area contributed by atoms with Crippen molar-refractivity contribution in [2.45, 2.75) is 39.8 Å². The first kappa shape index (κ1) is 19.3. The highest BCUT2D eigenvalue weighted by molar-refractivity contribution is 5.93. The molecule has 152 valence electrons. The molecule has 3 aromatic rings. The first-order chi connectivity index (χ1) is 14.0. The lowest BCUT2D eigenvalue weighted by Gasteiger charge is -2.23. The number of carbonyl (C=O) groups excluding carboxylic acids is 1. The van der Waals surface area contributed by atoms with Gasteiger partial charge in [0, 0.05) is 25.2 Å². The Morgan fingerprint density at radius 2 is 2.03 bits per heavy atom. The van der Waals surface area contributed by atoms with Gasteiger partial charge in [-0.25, -0.2) is 4.98 Å². The number of aromatic nitrogens is 2. The minimum absolute atomic E-state index is 0.00751. The maximum Gasteiger partial charge on any atom is 0.224 e. The molecule has 1 aliphatic heterocycles. The van der Waals surface area contributed by atoms with Gasteiger partial charge in [-0.15, -0.1) is 0 Å². The second-order valence-electron chi connectivity index (χ2n) is 7.97. The van der Waals surface area contributed by atoms with Crippen LogP contribution in [0.1, 0.15) is 32.5 Å². The van der Waals surface area contributed by atoms with E-state index in [-0.39, 0.29) is 5.91 Å². The van der Waals surface area contributed by atoms with E-state index >= 15 is 0 Å². The predicted molar refractivity (Wildman–Crippen MR) is 116 cm³/mol. The lowest BCUT2D eigenvalue weighted by atomic mass is 10.1. The molecule has 2 heterocycles. The third kappa shape index (κ3) is 4.06. The number of nitrogens with zero attached hydrogens (tertiary/aromatic N) is 3. The summed E-state index contributed by atoms with van der Waals surface area (Å²) in [5, 5.41) is 3.02. The molecule has 6 heteroatoms. The van der Waals surface area contributed by atoms with Crippen LogP contribution in [0.25, 0.3) is 11.0 Å². The Kier molecular flexibility index (Phi) is 5.43. The lowest BCUT2D eigenvalue weighted by Crippen LogP contribution is -2.23. The molecule has 0 atom stereocenters. The standard InChI is InChI=1S/C23H28N4O2/c1-16(2)13-23(28)25-19-14-17(9-10-21(19)29-3)26-11-6-12-27-20-8-5-4-7-18(20)24-22(27)15-26/h4-5,7-10,14,16H,6,11-13,15H2,1-3H3,(H,25,28). The van der Waals surface area contributed by atoms with E-state index in [1.807, 2.05) is 32.0 Å². The van der Waals surface area contributed by atoms with Gasteiger partial charge in [0.2, 0.25) is 5.91 Å². The molecule has 0 spiro atoms. The molecule has 4 rings (SSSR count). The predicted octanol–water partition coefficient (Wildman–Crippen LogP) is 4.44. The summed E-state index contributed by atoms with van der Waals surface area (Å²) >= 11 is 0. The summed E-state index contributed by atoms with van der Waals surface area (Å²) in [7, 11) is 1.63. The van der Waals surface area contributed by atoms with Gasteiger partial charge in [-0.05, 0) is 42.7 Å². The van der Waals surface area contributed by atoms with Crippen LogP contribution in [0.4, 0.5) is 11.4 Å². The Morgan fingerprint density at radius 3 is 2.83 bits per heavy atom. The number of carbonyl (C=O) groups is 1. The Morgan fingerprint density at radius 1 is 1.21 bits per heavy atom. The van der Waals surface area contributed by atoms with E-state index in [9.17, 15) is 4.79 Å². The first-order valence-corrected chi connectivity index (χ1v) is 10.2. The van der Waals surface area contributed by atoms with Crippen molar-refractivity contribution in [1.29, 1.82) is 0 Å². The Labute approximate surface area is 171 Å². The van der Waals surface area contributed by atoms with Crippen LogP contribution in [0.15, 0.2) is 42.5 Å². The van der Waals surface area contributed by atoms with Crippen molar-refractivity contribution in [3.63, 3.8) is 0 Å². The molecule has 6 nitrogen and oxygen atoms in total. The Hall–Kier alpha value is -3.02. The van der Waals surface area contributed by atoms with Crippen LogP contribution >= 0.6 is 0 Å². The normalized spacial score (nSPS) is 14.0. The molecular weight excluding hydrogens is 364 g/mol. The number of hydrogen-bond acceptors (Lipinski definition) is 4. The smallest absolute Gasteiger partial charge is 0.224 e. The fraction of sp³-hybridized carbons (Fsp3) is 0.391. The molecule has 0 radical (unpaired) electrons. The van der Waals surface area contributed by atoms with E-state index in [1.54, 1.807) is 7.11 Å². The molecule has 1 aromatic heterocycles. The largest absolute Gasteiger partial charge is 0.495 e. The van der Waals surface area contributed by atoms with Crippen molar-refractivity contribution in [2.75, 3.05) is 23.9 Å². The number of para-hydroxylation sites is 2. The summed E-state index contributed by atoms with van der Waals surface area (Å²) < 4.78 is 7.79. The van der Waals surface area contributed by atoms with Crippen molar-refractivity contribution in [1.82, 2.24) is 9.55 Å². The zero-order chi connectivity index (χ0) is 20.4. The van der Waals surface area contributed by atoms with Crippen molar-refractivity contribution in [2.24, 2.45) is 5.92 Å². The average Bonchev–Trinajstić information content (AvgIpc) is 2.90. The number of aryl methyl sites for hydroxylation is 1. The second kappa shape index (κ2) is 8.15. The van der Waals surface area contributed by atoms with Crippen molar-refractivity contribution < 1.29 is 9.53 Å². The number of nitrogens with one attached hydrogen (secondary N) is 1. The monoisotopic (exact) mass is 392 g/mol. The van der Waals surface area contributed by atoms with Crippen molar-refractivity contribution >= 4 is 28.3 Å². The third-order valence-electron chi connectivity index (χ3n) is 5.29. The minimum Gasteiger partial charge on any atom is -0.495 e. The molecule has 0 bridgehead atoms. The summed E-state index contributed by atoms with van der Waals surface area (Å²) in [5.41, 5.74) is 4.01. The van der Waals surface area contributed by atoms with Crippen LogP contribution in [-0.4, -0.2) is 29.1 Å². The van der Waals surface area contributed by atoms with Crippen LogP contribution in [0.2, 0.25) is 0 Å². The topological polar surface area (TPSA) is 59.4 Å². The zero-order valence-corrected chi connectivity index (χ0v) is 17.3. The highest BCUT2D eigenvalue weighted by atomic mass is 16.5. The van der Waals surface area contributed by atoms with E-state index in [1.165, 1.54) is 5.52 Å². The van der Waals surface area contributed by atoms with Crippen LogP contribution in [0.3, 0.4) is 0 Å². The van der Waals surface area contributed by atoms with Crippen LogP contribution in [0, 0.1) is 5.92 Å². The number of rotatable bonds is 5. The minimum atomic E-state index is 0.00751. The van der Waals surface area contributed by atoms with Crippen LogP contribution < -0.4 is 15.0 Å². The van der Waals surface area contributed by atoms with E-state index in [0.29, 0.717) is 23.8 Å². The van der Waals surface area contributed by atoms with Gasteiger partial charge in [0.05, 0.1) is 30.4 Å². The number of anilines is 2. The van der Waals surface area contributed by atoms with Gasteiger partial charge in [0.25, 0.3) is 0 Å². The van der Waals surface area contributed by atoms with Gasteiger partial charge < -0.3 is 19.5 Å². The summed E-state index contributed by atoms with van der Waals surface area (Å²) in [6.07, 6.45) is 1.52. The number of methoxy groups -OCH3 is 1. The quantitative estimate of drug-likeness (QED) is 0.697. The highest BCUT2D eigenvalue weighted by Gasteiger charge is 2.20. The van der Waals surface area contributed by atoms with E-state index in [2.05, 4.69) is 39.0 Å². The Balaban J connectivity index is 1.62. The summed E-state index contributed by atoms with van der Waals surface area (Å²) in [4.78, 5) is 19.5. The van der Waals surface area contributed by atoms with Crippen molar-refractivity contribution in [3.8, 4) is 5.75 Å². The average molecular weight is 393 g/mol. The molecule has 1 N–H and O–H groups in total. The van der Waals surface area contributed by atoms with Gasteiger partial charge in [0.15, 0.2) is 0 Å². The fourth-order valence-electron chi connectivity index (χ4n) is 3.95. The molecule has 0 aliphatic carbocycles. The van der Waals surface area contributed by atoms with Crippen molar-refractivity contribution in [3.05, 3.63) is 48.3 Å². The number of imidazole rings is 1. The number of amides is 1. The molecule has 1 aliphatic rings. The SMILES string of the molecule is COc1ccc(N2CCCn3c(nc4ccccc43)C2)cc1NC(=O)CC(C)C. The van der Waals surface area contributed by atoms with Gasteiger partial charge in [0.1, 0.15) is 11.6 Å². The number of ether oxygens (including phenoxy) is 1. The highest BCUT2D eigenvalue weighted by Crippen LogP contribution is 2.32. The molecule has 0 fully saturated rings. The van der Waals surface area contributed by atoms with Gasteiger partial charge in [-0.2, -0.15) is 0 Å². The van der Waals surface area contributed by atoms with E-state index < -0.39 is 0 Å². The molecule has 0 saturated carbocycles.